The summed E-state index contributed by atoms with van der Waals surface area (Å²) in [5.74, 6) is 1.30. The van der Waals surface area contributed by atoms with E-state index < -0.39 is 5.25 Å². The van der Waals surface area contributed by atoms with E-state index in [0.29, 0.717) is 16.3 Å². The Bertz CT molecular complexity index is 1490. The van der Waals surface area contributed by atoms with E-state index in [9.17, 15) is 10.1 Å². The van der Waals surface area contributed by atoms with Crippen LogP contribution >= 0.6 is 11.8 Å². The van der Waals surface area contributed by atoms with Crippen molar-refractivity contribution in [2.75, 3.05) is 19.5 Å². The monoisotopic (exact) mass is 523 g/mol. The van der Waals surface area contributed by atoms with Crippen LogP contribution in [0, 0.1) is 25.2 Å². The van der Waals surface area contributed by atoms with Crippen LogP contribution in [0.4, 0.5) is 5.69 Å². The molecule has 0 spiro atoms. The second-order valence-electron chi connectivity index (χ2n) is 8.85. The van der Waals surface area contributed by atoms with Gasteiger partial charge in [0.2, 0.25) is 5.91 Å². The Hall–Kier alpha value is -4.28. The van der Waals surface area contributed by atoms with E-state index in [0.717, 1.165) is 45.0 Å². The Balaban J connectivity index is 1.73. The van der Waals surface area contributed by atoms with E-state index in [1.807, 2.05) is 93.6 Å². The van der Waals surface area contributed by atoms with Crippen molar-refractivity contribution in [1.82, 2.24) is 4.98 Å². The van der Waals surface area contributed by atoms with Crippen molar-refractivity contribution in [3.63, 3.8) is 0 Å². The maximum absolute atomic E-state index is 13.1. The molecule has 1 heterocycles. The van der Waals surface area contributed by atoms with Crippen molar-refractivity contribution in [3.8, 4) is 40.0 Å². The lowest BCUT2D eigenvalue weighted by Crippen LogP contribution is -2.22. The van der Waals surface area contributed by atoms with Gasteiger partial charge in [-0.15, -0.1) is 0 Å². The largest absolute Gasteiger partial charge is 0.497 e. The maximum Gasteiger partial charge on any atom is 0.237 e. The van der Waals surface area contributed by atoms with Gasteiger partial charge in [0, 0.05) is 16.8 Å². The summed E-state index contributed by atoms with van der Waals surface area (Å²) in [5, 5.41) is 13.2. The number of aromatic nitrogens is 1. The first-order chi connectivity index (χ1) is 18.3. The van der Waals surface area contributed by atoms with Crippen molar-refractivity contribution in [2.24, 2.45) is 0 Å². The molecule has 38 heavy (non-hydrogen) atoms. The van der Waals surface area contributed by atoms with E-state index in [1.165, 1.54) is 11.8 Å². The Morgan fingerprint density at radius 2 is 1.50 bits per heavy atom. The molecule has 192 valence electrons. The number of aryl methyl sites for hydroxylation is 2. The lowest BCUT2D eigenvalue weighted by atomic mass is 9.99. The third-order valence-electron chi connectivity index (χ3n) is 6.32. The molecule has 4 rings (SSSR count). The Morgan fingerprint density at radius 1 is 0.895 bits per heavy atom. The van der Waals surface area contributed by atoms with Crippen LogP contribution in [0.2, 0.25) is 0 Å². The number of anilines is 1. The summed E-state index contributed by atoms with van der Waals surface area (Å²) in [6.07, 6.45) is 0. The van der Waals surface area contributed by atoms with Crippen LogP contribution in [-0.2, 0) is 4.79 Å². The molecular formula is C31H29N3O3S. The maximum atomic E-state index is 13.1. The highest BCUT2D eigenvalue weighted by Crippen LogP contribution is 2.36. The Kier molecular flexibility index (Phi) is 8.35. The summed E-state index contributed by atoms with van der Waals surface area (Å²) >= 11 is 1.27. The average Bonchev–Trinajstić information content (AvgIpc) is 2.94. The van der Waals surface area contributed by atoms with Gasteiger partial charge in [-0.2, -0.15) is 5.26 Å². The molecule has 1 atom stereocenters. The number of methoxy groups -OCH3 is 2. The molecule has 0 aliphatic rings. The zero-order chi connectivity index (χ0) is 27.2. The first kappa shape index (κ1) is 26.8. The molecule has 0 fully saturated rings. The summed E-state index contributed by atoms with van der Waals surface area (Å²) in [7, 11) is 3.24. The Labute approximate surface area is 227 Å². The van der Waals surface area contributed by atoms with E-state index in [1.54, 1.807) is 14.2 Å². The van der Waals surface area contributed by atoms with Gasteiger partial charge in [0.05, 0.1) is 30.7 Å². The van der Waals surface area contributed by atoms with Gasteiger partial charge in [0.1, 0.15) is 22.6 Å². The Morgan fingerprint density at radius 3 is 2.05 bits per heavy atom. The quantitative estimate of drug-likeness (QED) is 0.249. The SMILES string of the molecule is COc1ccc(-c2cc(-c3ccc(OC)cc3)c(C#N)c(SC(C)C(=O)Nc3ccc(C)c(C)c3)n2)cc1. The second-order valence-corrected chi connectivity index (χ2v) is 10.2. The second kappa shape index (κ2) is 11.8. The molecule has 4 aromatic rings. The summed E-state index contributed by atoms with van der Waals surface area (Å²) < 4.78 is 10.6. The molecule has 1 unspecified atom stereocenters. The summed E-state index contributed by atoms with van der Waals surface area (Å²) in [6.45, 7) is 5.86. The molecule has 0 aliphatic carbocycles. The lowest BCUT2D eigenvalue weighted by Gasteiger charge is -2.16. The molecule has 0 radical (unpaired) electrons. The van der Waals surface area contributed by atoms with Crippen molar-refractivity contribution in [1.29, 1.82) is 5.26 Å². The minimum Gasteiger partial charge on any atom is -0.497 e. The normalized spacial score (nSPS) is 11.4. The number of carbonyl (C=O) groups is 1. The summed E-state index contributed by atoms with van der Waals surface area (Å²) in [4.78, 5) is 17.9. The van der Waals surface area contributed by atoms with E-state index in [2.05, 4.69) is 11.4 Å². The molecule has 1 amide bonds. The van der Waals surface area contributed by atoms with Crippen LogP contribution in [-0.4, -0.2) is 30.4 Å². The van der Waals surface area contributed by atoms with Crippen LogP contribution in [0.25, 0.3) is 22.4 Å². The first-order valence-corrected chi connectivity index (χ1v) is 13.0. The number of carbonyl (C=O) groups excluding carboxylic acids is 1. The molecule has 7 heteroatoms. The molecule has 0 saturated carbocycles. The number of amides is 1. The number of nitrogens with zero attached hydrogens (tertiary/aromatic N) is 2. The van der Waals surface area contributed by atoms with Gasteiger partial charge in [0.15, 0.2) is 0 Å². The molecule has 6 nitrogen and oxygen atoms in total. The third kappa shape index (κ3) is 5.99. The van der Waals surface area contributed by atoms with Crippen LogP contribution in [0.1, 0.15) is 23.6 Å². The van der Waals surface area contributed by atoms with Crippen LogP contribution in [0.5, 0.6) is 11.5 Å². The van der Waals surface area contributed by atoms with Crippen LogP contribution in [0.15, 0.2) is 77.8 Å². The van der Waals surface area contributed by atoms with E-state index >= 15 is 0 Å². The molecule has 0 bridgehead atoms. The van der Waals surface area contributed by atoms with E-state index in [-0.39, 0.29) is 5.91 Å². The van der Waals surface area contributed by atoms with Crippen molar-refractivity contribution in [2.45, 2.75) is 31.0 Å². The highest BCUT2D eigenvalue weighted by Gasteiger charge is 2.22. The highest BCUT2D eigenvalue weighted by atomic mass is 32.2. The molecule has 3 aromatic carbocycles. The number of hydrogen-bond acceptors (Lipinski definition) is 6. The van der Waals surface area contributed by atoms with Gasteiger partial charge in [0.25, 0.3) is 0 Å². The topological polar surface area (TPSA) is 84.2 Å². The molecule has 0 aliphatic heterocycles. The van der Waals surface area contributed by atoms with Gasteiger partial charge in [-0.1, -0.05) is 30.0 Å². The van der Waals surface area contributed by atoms with Crippen LogP contribution < -0.4 is 14.8 Å². The number of benzene rings is 3. The fourth-order valence-corrected chi connectivity index (χ4v) is 4.83. The zero-order valence-electron chi connectivity index (χ0n) is 22.0. The number of nitriles is 1. The standard InChI is InChI=1S/C31H29N3O3S/c1-19-6-11-24(16-20(19)2)33-30(35)21(3)38-31-28(18-32)27(22-7-12-25(36-4)13-8-22)17-29(34-31)23-9-14-26(37-5)15-10-23/h6-17,21H,1-5H3,(H,33,35). The minimum atomic E-state index is -0.494. The summed E-state index contributed by atoms with van der Waals surface area (Å²) in [6, 6.07) is 25.2. The fraction of sp³-hybridized carbons (Fsp3) is 0.194. The van der Waals surface area contributed by atoms with Gasteiger partial charge in [-0.3, -0.25) is 4.79 Å². The van der Waals surface area contributed by atoms with Gasteiger partial charge in [-0.05, 0) is 92.1 Å². The molecule has 1 N–H and O–H groups in total. The number of thioether (sulfide) groups is 1. The fourth-order valence-electron chi connectivity index (χ4n) is 3.91. The van der Waals surface area contributed by atoms with Gasteiger partial charge >= 0.3 is 0 Å². The predicted molar refractivity (Wildman–Crippen MR) is 153 cm³/mol. The van der Waals surface area contributed by atoms with Crippen molar-refractivity contribution >= 4 is 23.4 Å². The number of nitrogens with one attached hydrogen (secondary N) is 1. The minimum absolute atomic E-state index is 0.162. The highest BCUT2D eigenvalue weighted by molar-refractivity contribution is 8.00. The summed E-state index contributed by atoms with van der Waals surface area (Å²) in [5.41, 5.74) is 6.59. The first-order valence-electron chi connectivity index (χ1n) is 12.1. The van der Waals surface area contributed by atoms with Crippen molar-refractivity contribution < 1.29 is 14.3 Å². The predicted octanol–water partition coefficient (Wildman–Crippen LogP) is 7.04. The zero-order valence-corrected chi connectivity index (χ0v) is 22.8. The molecule has 1 aromatic heterocycles. The van der Waals surface area contributed by atoms with E-state index in [4.69, 9.17) is 14.5 Å². The van der Waals surface area contributed by atoms with Crippen molar-refractivity contribution in [3.05, 3.63) is 89.5 Å². The van der Waals surface area contributed by atoms with Gasteiger partial charge in [-0.25, -0.2) is 4.98 Å². The average molecular weight is 524 g/mol. The lowest BCUT2D eigenvalue weighted by molar-refractivity contribution is -0.115. The molecule has 0 saturated heterocycles. The number of pyridine rings is 1. The number of ether oxygens (including phenoxy) is 2. The van der Waals surface area contributed by atoms with Crippen LogP contribution in [0.3, 0.4) is 0 Å². The third-order valence-corrected chi connectivity index (χ3v) is 7.40. The molecular weight excluding hydrogens is 494 g/mol. The number of rotatable bonds is 8. The smallest absolute Gasteiger partial charge is 0.237 e. The number of hydrogen-bond donors (Lipinski definition) is 1. The van der Waals surface area contributed by atoms with Gasteiger partial charge < -0.3 is 14.8 Å².